The van der Waals surface area contributed by atoms with Gasteiger partial charge in [-0.25, -0.2) is 9.97 Å². The van der Waals surface area contributed by atoms with Gasteiger partial charge in [0, 0.05) is 48.9 Å². The molecule has 1 unspecified atom stereocenters. The van der Waals surface area contributed by atoms with Crippen molar-refractivity contribution in [3.63, 3.8) is 0 Å². The molecule has 50 heavy (non-hydrogen) atoms. The number of halogens is 3. The molecule has 2 saturated heterocycles. The number of aromatic nitrogens is 2. The van der Waals surface area contributed by atoms with Crippen molar-refractivity contribution in [1.29, 1.82) is 0 Å². The second-order valence-electron chi connectivity index (χ2n) is 12.8. The van der Waals surface area contributed by atoms with Crippen molar-refractivity contribution < 1.29 is 32.2 Å². The molecular weight excluding hydrogens is 651 g/mol. The number of nitrogens with zero attached hydrogens (tertiary/aromatic N) is 3. The zero-order valence-corrected chi connectivity index (χ0v) is 28.1. The molecule has 0 radical (unpaired) electrons. The summed E-state index contributed by atoms with van der Waals surface area (Å²) in [5, 5.41) is 9.62. The molecule has 0 bridgehead atoms. The highest BCUT2D eigenvalue weighted by molar-refractivity contribution is 6.01. The summed E-state index contributed by atoms with van der Waals surface area (Å²) in [4.78, 5) is 35.4. The first-order chi connectivity index (χ1) is 23.9. The van der Waals surface area contributed by atoms with Gasteiger partial charge in [-0.2, -0.15) is 13.2 Å². The van der Waals surface area contributed by atoms with Crippen molar-refractivity contribution in [2.45, 2.75) is 70.4 Å². The van der Waals surface area contributed by atoms with Gasteiger partial charge in [-0.3, -0.25) is 19.8 Å². The minimum absolute atomic E-state index is 0.0202. The molecule has 3 aromatic carbocycles. The first-order valence-corrected chi connectivity index (χ1v) is 16.5. The first-order valence-electron chi connectivity index (χ1n) is 16.5. The summed E-state index contributed by atoms with van der Waals surface area (Å²) in [6.45, 7) is 5.73. The number of methoxy groups -OCH3 is 1. The van der Waals surface area contributed by atoms with Gasteiger partial charge in [-0.05, 0) is 74.6 Å². The van der Waals surface area contributed by atoms with Crippen LogP contribution in [0.2, 0.25) is 0 Å². The number of aryl methyl sites for hydroxylation is 1. The van der Waals surface area contributed by atoms with E-state index in [1.165, 1.54) is 6.07 Å². The molecule has 3 heterocycles. The minimum atomic E-state index is -4.53. The number of amides is 2. The number of hydrogen-bond acceptors (Lipinski definition) is 10. The normalized spacial score (nSPS) is 18.1. The van der Waals surface area contributed by atoms with Gasteiger partial charge in [0.15, 0.2) is 11.5 Å². The molecule has 5 N–H and O–H groups in total. The third-order valence-electron chi connectivity index (χ3n) is 9.06. The van der Waals surface area contributed by atoms with Crippen molar-refractivity contribution in [3.05, 3.63) is 77.1 Å². The van der Waals surface area contributed by atoms with Crippen molar-refractivity contribution in [1.82, 2.24) is 20.2 Å². The molecule has 11 nitrogen and oxygen atoms in total. The average molecular weight is 692 g/mol. The van der Waals surface area contributed by atoms with Gasteiger partial charge in [0.2, 0.25) is 11.8 Å². The number of piperidine rings is 2. The molecule has 2 fully saturated rings. The molecule has 14 heteroatoms. The Bertz CT molecular complexity index is 1900. The van der Waals surface area contributed by atoms with E-state index < -0.39 is 23.8 Å². The summed E-state index contributed by atoms with van der Waals surface area (Å²) >= 11 is 0. The Hall–Kier alpha value is -5.11. The number of nitrogens with two attached hydrogens (primary N) is 1. The Morgan fingerprint density at radius 1 is 1.04 bits per heavy atom. The van der Waals surface area contributed by atoms with Gasteiger partial charge in [0.25, 0.3) is 0 Å². The zero-order chi connectivity index (χ0) is 35.6. The third-order valence-corrected chi connectivity index (χ3v) is 9.06. The lowest BCUT2D eigenvalue weighted by Gasteiger charge is -2.33. The maximum absolute atomic E-state index is 13.5. The Morgan fingerprint density at radius 3 is 2.52 bits per heavy atom. The number of para-hydroxylation sites is 1. The predicted molar refractivity (Wildman–Crippen MR) is 184 cm³/mol. The molecule has 2 aliphatic heterocycles. The average Bonchev–Trinajstić information content (AvgIpc) is 3.07. The van der Waals surface area contributed by atoms with Crippen LogP contribution in [0.5, 0.6) is 11.5 Å². The molecule has 0 aliphatic carbocycles. The quantitative estimate of drug-likeness (QED) is 0.116. The molecule has 2 aliphatic rings. The fourth-order valence-electron chi connectivity index (χ4n) is 6.42. The van der Waals surface area contributed by atoms with Crippen LogP contribution in [0.1, 0.15) is 61.2 Å². The molecule has 0 spiro atoms. The van der Waals surface area contributed by atoms with Crippen LogP contribution in [-0.2, 0) is 22.3 Å². The van der Waals surface area contributed by atoms with Crippen LogP contribution >= 0.6 is 0 Å². The SMILES string of the molecule is COc1cc2nc(C)nc(N[C@H](C)c3cc(N)cc(C(F)(F)F)c3)c2cc1OC1CCN(Cc2ccccc2NC2CCC(=O)NC2=O)CC1. The van der Waals surface area contributed by atoms with Crippen LogP contribution in [0.25, 0.3) is 10.9 Å². The number of likely N-dealkylation sites (tertiary alicyclic amines) is 1. The second-order valence-corrected chi connectivity index (χ2v) is 12.8. The van der Waals surface area contributed by atoms with Gasteiger partial charge >= 0.3 is 6.18 Å². The first kappa shape index (κ1) is 34.7. The Kier molecular flexibility index (Phi) is 10.0. The van der Waals surface area contributed by atoms with Crippen LogP contribution in [0, 0.1) is 6.92 Å². The second kappa shape index (κ2) is 14.4. The van der Waals surface area contributed by atoms with Crippen molar-refractivity contribution in [2.75, 3.05) is 36.6 Å². The lowest BCUT2D eigenvalue weighted by Crippen LogP contribution is -2.47. The number of hydrogen-bond donors (Lipinski definition) is 4. The van der Waals surface area contributed by atoms with E-state index in [1.54, 1.807) is 27.0 Å². The highest BCUT2D eigenvalue weighted by Gasteiger charge is 2.32. The van der Waals surface area contributed by atoms with E-state index >= 15 is 0 Å². The van der Waals surface area contributed by atoms with Gasteiger partial charge in [0.05, 0.1) is 24.2 Å². The lowest BCUT2D eigenvalue weighted by molar-refractivity contribution is -0.137. The molecule has 1 aromatic heterocycles. The number of fused-ring (bicyclic) bond motifs is 1. The fourth-order valence-corrected chi connectivity index (χ4v) is 6.42. The van der Waals surface area contributed by atoms with E-state index in [2.05, 4.69) is 30.8 Å². The van der Waals surface area contributed by atoms with Crippen LogP contribution in [-0.4, -0.2) is 59.0 Å². The Balaban J connectivity index is 1.14. The number of alkyl halides is 3. The van der Waals surface area contributed by atoms with Crippen LogP contribution in [0.15, 0.2) is 54.6 Å². The van der Waals surface area contributed by atoms with E-state index in [9.17, 15) is 22.8 Å². The number of carbonyl (C=O) groups excluding carboxylic acids is 2. The molecule has 2 atom stereocenters. The molecular formula is C36H40F3N7O4. The predicted octanol–water partition coefficient (Wildman–Crippen LogP) is 5.98. The van der Waals surface area contributed by atoms with Gasteiger partial charge in [0.1, 0.15) is 23.8 Å². The lowest BCUT2D eigenvalue weighted by atomic mass is 10.0. The van der Waals surface area contributed by atoms with Crippen molar-refractivity contribution in [3.8, 4) is 11.5 Å². The number of nitrogens with one attached hydrogen (secondary N) is 3. The Labute approximate surface area is 287 Å². The fraction of sp³-hybridized carbons (Fsp3) is 0.389. The summed E-state index contributed by atoms with van der Waals surface area (Å²) in [6.07, 6.45) is -2.35. The molecule has 0 saturated carbocycles. The van der Waals surface area contributed by atoms with E-state index in [4.69, 9.17) is 15.2 Å². The van der Waals surface area contributed by atoms with Crippen molar-refractivity contribution >= 4 is 39.9 Å². The smallest absolute Gasteiger partial charge is 0.416 e. The van der Waals surface area contributed by atoms with Crippen molar-refractivity contribution in [2.24, 2.45) is 0 Å². The molecule has 2 amide bonds. The molecule has 6 rings (SSSR count). The Morgan fingerprint density at radius 2 is 1.80 bits per heavy atom. The number of rotatable bonds is 10. The number of imide groups is 1. The third kappa shape index (κ3) is 8.02. The standard InChI is InChI=1S/C36H40F3N7O4/c1-20(23-14-24(36(37,38)39)16-25(40)15-23)41-34-27-17-32(31(49-3)18-30(27)42-21(2)43-34)50-26-10-12-46(13-11-26)19-22-6-4-5-7-28(22)44-29-8-9-33(47)45-35(29)48/h4-7,14-18,20,26,29,44H,8-13,19,40H2,1-3H3,(H,41,42,43)(H,45,47,48)/t20-,29?/m1/s1. The number of benzene rings is 3. The summed E-state index contributed by atoms with van der Waals surface area (Å²) < 4.78 is 52.7. The summed E-state index contributed by atoms with van der Waals surface area (Å²) in [6, 6.07) is 14.0. The highest BCUT2D eigenvalue weighted by atomic mass is 19.4. The van der Waals surface area contributed by atoms with E-state index in [1.807, 2.05) is 30.3 Å². The van der Waals surface area contributed by atoms with Gasteiger partial charge in [-0.1, -0.05) is 18.2 Å². The maximum atomic E-state index is 13.5. The van der Waals surface area contributed by atoms with Gasteiger partial charge in [-0.15, -0.1) is 0 Å². The monoisotopic (exact) mass is 691 g/mol. The van der Waals surface area contributed by atoms with Crippen LogP contribution in [0.3, 0.4) is 0 Å². The number of anilines is 3. The van der Waals surface area contributed by atoms with Crippen LogP contribution < -0.4 is 31.2 Å². The van der Waals surface area contributed by atoms with Crippen LogP contribution in [0.4, 0.5) is 30.4 Å². The summed E-state index contributed by atoms with van der Waals surface area (Å²) in [5.41, 5.74) is 7.93. The summed E-state index contributed by atoms with van der Waals surface area (Å²) in [7, 11) is 1.56. The van der Waals surface area contributed by atoms with E-state index in [0.29, 0.717) is 59.0 Å². The van der Waals surface area contributed by atoms with Gasteiger partial charge < -0.3 is 25.8 Å². The highest BCUT2D eigenvalue weighted by Crippen LogP contribution is 2.38. The molecule has 4 aromatic rings. The zero-order valence-electron chi connectivity index (χ0n) is 28.1. The number of nitrogen functional groups attached to an aromatic ring is 1. The van der Waals surface area contributed by atoms with E-state index in [0.717, 1.165) is 49.3 Å². The maximum Gasteiger partial charge on any atom is 0.416 e. The summed E-state index contributed by atoms with van der Waals surface area (Å²) in [5.74, 6) is 1.40. The number of carbonyl (C=O) groups is 2. The number of ether oxygens (including phenoxy) is 2. The minimum Gasteiger partial charge on any atom is -0.493 e. The topological polar surface area (TPSA) is 144 Å². The largest absolute Gasteiger partial charge is 0.493 e. The van der Waals surface area contributed by atoms with E-state index in [-0.39, 0.29) is 23.6 Å². The molecule has 264 valence electrons.